The molecule has 0 aromatic heterocycles. The van der Waals surface area contributed by atoms with Crippen molar-refractivity contribution in [3.05, 3.63) is 53.6 Å². The summed E-state index contributed by atoms with van der Waals surface area (Å²) in [6, 6.07) is 12.5. The average Bonchev–Trinajstić information content (AvgIpc) is 2.40. The van der Waals surface area contributed by atoms with Gasteiger partial charge in [0, 0.05) is 22.5 Å². The molecule has 0 fully saturated rings. The van der Waals surface area contributed by atoms with Gasteiger partial charge in [-0.2, -0.15) is 0 Å². The smallest absolute Gasteiger partial charge is 0.128 e. The summed E-state index contributed by atoms with van der Waals surface area (Å²) >= 11 is 0. The number of hydrogen-bond donors (Lipinski definition) is 3. The van der Waals surface area contributed by atoms with Gasteiger partial charge < -0.3 is 16.2 Å². The summed E-state index contributed by atoms with van der Waals surface area (Å²) in [5.74, 6) is 0.643. The third-order valence-electron chi connectivity index (χ3n) is 2.72. The first-order valence-corrected chi connectivity index (χ1v) is 5.51. The van der Waals surface area contributed by atoms with Crippen LogP contribution < -0.4 is 16.2 Å². The van der Waals surface area contributed by atoms with Crippen LogP contribution in [0, 0.1) is 5.41 Å². The van der Waals surface area contributed by atoms with Crippen molar-refractivity contribution in [1.29, 1.82) is 5.41 Å². The zero-order chi connectivity index (χ0) is 13.1. The lowest BCUT2D eigenvalue weighted by Crippen LogP contribution is -2.07. The van der Waals surface area contributed by atoms with E-state index < -0.39 is 0 Å². The van der Waals surface area contributed by atoms with Crippen molar-refractivity contribution >= 4 is 17.1 Å². The molecule has 4 heteroatoms. The molecule has 2 aromatic carbocycles. The Morgan fingerprint density at radius 3 is 2.50 bits per heavy atom. The Balaban J connectivity index is 2.51. The highest BCUT2D eigenvalue weighted by atomic mass is 16.5. The van der Waals surface area contributed by atoms with E-state index in [-0.39, 0.29) is 0 Å². The predicted molar refractivity (Wildman–Crippen MR) is 74.2 cm³/mol. The van der Waals surface area contributed by atoms with E-state index in [4.69, 9.17) is 21.6 Å². The van der Waals surface area contributed by atoms with Gasteiger partial charge in [-0.3, -0.25) is 5.41 Å². The van der Waals surface area contributed by atoms with Gasteiger partial charge in [-0.05, 0) is 30.3 Å². The van der Waals surface area contributed by atoms with Crippen LogP contribution in [-0.4, -0.2) is 12.8 Å². The zero-order valence-corrected chi connectivity index (χ0v) is 10.1. The van der Waals surface area contributed by atoms with Crippen molar-refractivity contribution in [2.45, 2.75) is 0 Å². The van der Waals surface area contributed by atoms with E-state index in [1.165, 1.54) is 0 Å². The largest absolute Gasteiger partial charge is 0.496 e. The van der Waals surface area contributed by atoms with Crippen molar-refractivity contribution in [3.8, 4) is 5.75 Å². The minimum atomic E-state index is 0.303. The fourth-order valence-corrected chi connectivity index (χ4v) is 1.79. The molecule has 18 heavy (non-hydrogen) atoms. The molecule has 0 atom stereocenters. The molecule has 0 unspecified atom stereocenters. The predicted octanol–water partition coefficient (Wildman–Crippen LogP) is 2.28. The minimum Gasteiger partial charge on any atom is -0.496 e. The van der Waals surface area contributed by atoms with Crippen molar-refractivity contribution < 1.29 is 4.74 Å². The van der Waals surface area contributed by atoms with Gasteiger partial charge in [-0.15, -0.1) is 0 Å². The maximum Gasteiger partial charge on any atom is 0.128 e. The first kappa shape index (κ1) is 12.0. The standard InChI is InChI=1S/C14H15N3O/c1-18-13-5-3-2-4-10(13)14(17)11-8-9(15)6-7-12(11)16/h2-8,17H,15-16H2,1H3. The van der Waals surface area contributed by atoms with E-state index in [0.29, 0.717) is 34.0 Å². The Kier molecular flexibility index (Phi) is 3.19. The van der Waals surface area contributed by atoms with Crippen LogP contribution in [0.3, 0.4) is 0 Å². The number of nitrogen functional groups attached to an aromatic ring is 2. The lowest BCUT2D eigenvalue weighted by atomic mass is 9.99. The summed E-state index contributed by atoms with van der Waals surface area (Å²) in [4.78, 5) is 0. The number of anilines is 2. The van der Waals surface area contributed by atoms with E-state index >= 15 is 0 Å². The highest BCUT2D eigenvalue weighted by Gasteiger charge is 2.12. The number of para-hydroxylation sites is 1. The molecule has 0 aliphatic heterocycles. The number of methoxy groups -OCH3 is 1. The van der Waals surface area contributed by atoms with Crippen LogP contribution in [0.5, 0.6) is 5.75 Å². The molecule has 0 aliphatic rings. The lowest BCUT2D eigenvalue weighted by molar-refractivity contribution is 0.414. The Morgan fingerprint density at radius 1 is 1.06 bits per heavy atom. The molecule has 2 rings (SSSR count). The van der Waals surface area contributed by atoms with E-state index in [9.17, 15) is 0 Å². The van der Waals surface area contributed by atoms with E-state index in [0.717, 1.165) is 0 Å². The summed E-state index contributed by atoms with van der Waals surface area (Å²) in [6.45, 7) is 0. The first-order chi connectivity index (χ1) is 8.63. The molecule has 0 heterocycles. The fourth-order valence-electron chi connectivity index (χ4n) is 1.79. The van der Waals surface area contributed by atoms with Gasteiger partial charge in [-0.1, -0.05) is 12.1 Å². The average molecular weight is 241 g/mol. The second-order valence-corrected chi connectivity index (χ2v) is 3.92. The number of nitrogens with one attached hydrogen (secondary N) is 1. The van der Waals surface area contributed by atoms with Crippen LogP contribution in [-0.2, 0) is 0 Å². The normalized spacial score (nSPS) is 10.1. The van der Waals surface area contributed by atoms with Crippen LogP contribution in [0.15, 0.2) is 42.5 Å². The second-order valence-electron chi connectivity index (χ2n) is 3.92. The molecule has 0 spiro atoms. The van der Waals surface area contributed by atoms with Gasteiger partial charge in [0.2, 0.25) is 0 Å². The number of ether oxygens (including phenoxy) is 1. The molecule has 0 saturated heterocycles. The molecule has 0 aliphatic carbocycles. The Hall–Kier alpha value is -2.49. The van der Waals surface area contributed by atoms with Crippen LogP contribution in [0.1, 0.15) is 11.1 Å². The maximum absolute atomic E-state index is 8.24. The van der Waals surface area contributed by atoms with Crippen molar-refractivity contribution in [1.82, 2.24) is 0 Å². The molecule has 4 nitrogen and oxygen atoms in total. The SMILES string of the molecule is COc1ccccc1C(=N)c1cc(N)ccc1N. The van der Waals surface area contributed by atoms with E-state index in [1.54, 1.807) is 25.3 Å². The van der Waals surface area contributed by atoms with Crippen molar-refractivity contribution in [3.63, 3.8) is 0 Å². The second kappa shape index (κ2) is 4.79. The van der Waals surface area contributed by atoms with Crippen LogP contribution in [0.4, 0.5) is 11.4 Å². The molecular weight excluding hydrogens is 226 g/mol. The number of benzene rings is 2. The monoisotopic (exact) mass is 241 g/mol. The van der Waals surface area contributed by atoms with Crippen LogP contribution in [0.2, 0.25) is 0 Å². The van der Waals surface area contributed by atoms with Gasteiger partial charge in [0.15, 0.2) is 0 Å². The Labute approximate surface area is 106 Å². The molecule has 92 valence electrons. The number of rotatable bonds is 3. The van der Waals surface area contributed by atoms with E-state index in [2.05, 4.69) is 0 Å². The molecular formula is C14H15N3O. The highest BCUT2D eigenvalue weighted by molar-refractivity contribution is 6.15. The summed E-state index contributed by atoms with van der Waals surface area (Å²) < 4.78 is 5.25. The third-order valence-corrected chi connectivity index (χ3v) is 2.72. The summed E-state index contributed by atoms with van der Waals surface area (Å²) in [7, 11) is 1.58. The van der Waals surface area contributed by atoms with Gasteiger partial charge in [0.1, 0.15) is 5.75 Å². The van der Waals surface area contributed by atoms with Crippen LogP contribution >= 0.6 is 0 Å². The summed E-state index contributed by atoms with van der Waals surface area (Å²) in [5.41, 5.74) is 14.3. The first-order valence-electron chi connectivity index (χ1n) is 5.51. The minimum absolute atomic E-state index is 0.303. The summed E-state index contributed by atoms with van der Waals surface area (Å²) in [5, 5.41) is 8.24. The molecule has 0 bridgehead atoms. The van der Waals surface area contributed by atoms with Gasteiger partial charge >= 0.3 is 0 Å². The quantitative estimate of drug-likeness (QED) is 0.569. The summed E-state index contributed by atoms with van der Waals surface area (Å²) in [6.07, 6.45) is 0. The number of nitrogens with two attached hydrogens (primary N) is 2. The molecule has 0 amide bonds. The Bertz CT molecular complexity index is 593. The van der Waals surface area contributed by atoms with Crippen molar-refractivity contribution in [2.75, 3.05) is 18.6 Å². The van der Waals surface area contributed by atoms with Crippen molar-refractivity contribution in [2.24, 2.45) is 0 Å². The molecule has 2 aromatic rings. The van der Waals surface area contributed by atoms with E-state index in [1.807, 2.05) is 24.3 Å². The number of hydrogen-bond acceptors (Lipinski definition) is 4. The molecule has 5 N–H and O–H groups in total. The highest BCUT2D eigenvalue weighted by Crippen LogP contribution is 2.25. The zero-order valence-electron chi connectivity index (χ0n) is 10.1. The third kappa shape index (κ3) is 2.13. The van der Waals surface area contributed by atoms with Crippen LogP contribution in [0.25, 0.3) is 0 Å². The van der Waals surface area contributed by atoms with Gasteiger partial charge in [0.25, 0.3) is 0 Å². The van der Waals surface area contributed by atoms with Gasteiger partial charge in [-0.25, -0.2) is 0 Å². The molecule has 0 saturated carbocycles. The Morgan fingerprint density at radius 2 is 1.78 bits per heavy atom. The fraction of sp³-hybridized carbons (Fsp3) is 0.0714. The van der Waals surface area contributed by atoms with Gasteiger partial charge in [0.05, 0.1) is 12.8 Å². The maximum atomic E-state index is 8.24. The topological polar surface area (TPSA) is 85.1 Å². The lowest BCUT2D eigenvalue weighted by Gasteiger charge is -2.12. The molecule has 0 radical (unpaired) electrons.